The average molecular weight is 292 g/mol. The zero-order chi connectivity index (χ0) is 14.7. The molecular weight excluding hydrogens is 260 g/mol. The lowest BCUT2D eigenvalue weighted by atomic mass is 9.76. The summed E-state index contributed by atoms with van der Waals surface area (Å²) in [5, 5.41) is 3.51. The summed E-state index contributed by atoms with van der Waals surface area (Å²) in [7, 11) is 2.05. The highest BCUT2D eigenvalue weighted by molar-refractivity contribution is 5.78. The van der Waals surface area contributed by atoms with Crippen LogP contribution < -0.4 is 5.32 Å². The lowest BCUT2D eigenvalue weighted by Gasteiger charge is -2.46. The van der Waals surface area contributed by atoms with Crippen LogP contribution in [0.5, 0.6) is 0 Å². The van der Waals surface area contributed by atoms with Crippen LogP contribution in [0.4, 0.5) is 0 Å². The summed E-state index contributed by atoms with van der Waals surface area (Å²) in [4.78, 5) is 15.3. The van der Waals surface area contributed by atoms with E-state index in [1.54, 1.807) is 0 Å². The second-order valence-corrected chi connectivity index (χ2v) is 7.61. The number of hydrogen-bond acceptors (Lipinski definition) is 2. The molecule has 1 heterocycles. The number of hydrogen-bond donors (Lipinski definition) is 1. The van der Waals surface area contributed by atoms with Gasteiger partial charge in [-0.25, -0.2) is 0 Å². The van der Waals surface area contributed by atoms with E-state index in [9.17, 15) is 4.79 Å². The second kappa shape index (κ2) is 6.68. The van der Waals surface area contributed by atoms with E-state index >= 15 is 0 Å². The third kappa shape index (κ3) is 3.28. The smallest absolute Gasteiger partial charge is 0.224 e. The lowest BCUT2D eigenvalue weighted by molar-refractivity contribution is -0.139. The summed E-state index contributed by atoms with van der Waals surface area (Å²) in [5.74, 6) is 1.23. The van der Waals surface area contributed by atoms with Crippen LogP contribution in [0.1, 0.15) is 77.0 Å². The van der Waals surface area contributed by atoms with E-state index in [1.165, 1.54) is 70.6 Å². The minimum atomic E-state index is 0.0942. The summed E-state index contributed by atoms with van der Waals surface area (Å²) < 4.78 is 0. The van der Waals surface area contributed by atoms with E-state index in [0.717, 1.165) is 18.9 Å². The molecule has 3 heteroatoms. The van der Waals surface area contributed by atoms with E-state index in [2.05, 4.69) is 17.3 Å². The molecule has 0 aromatic heterocycles. The molecule has 2 atom stereocenters. The maximum Gasteiger partial charge on any atom is 0.224 e. The molecule has 1 aliphatic heterocycles. The van der Waals surface area contributed by atoms with Gasteiger partial charge in [-0.1, -0.05) is 32.1 Å². The Balaban J connectivity index is 1.65. The Morgan fingerprint density at radius 3 is 2.52 bits per heavy atom. The SMILES string of the molecule is CNC1(CC(=O)N2CCC[C@H]3CCCC[C@H]32)CCCCC1. The molecule has 3 fully saturated rings. The standard InChI is InChI=1S/C18H32N2O/c1-19-18(11-5-2-6-12-18)14-17(21)20-13-7-9-15-8-3-4-10-16(15)20/h15-16,19H,2-14H2,1H3/t15-,16-/m1/s1. The van der Waals surface area contributed by atoms with Crippen molar-refractivity contribution in [3.8, 4) is 0 Å². The van der Waals surface area contributed by atoms with Crippen LogP contribution in [0.3, 0.4) is 0 Å². The summed E-state index contributed by atoms with van der Waals surface area (Å²) in [6, 6.07) is 0.567. The highest BCUT2D eigenvalue weighted by atomic mass is 16.2. The van der Waals surface area contributed by atoms with Gasteiger partial charge in [0.25, 0.3) is 0 Å². The topological polar surface area (TPSA) is 32.3 Å². The van der Waals surface area contributed by atoms with Crippen LogP contribution in [-0.4, -0.2) is 36.0 Å². The molecule has 2 aliphatic carbocycles. The van der Waals surface area contributed by atoms with E-state index in [0.29, 0.717) is 11.9 Å². The molecular formula is C18H32N2O. The number of piperidine rings is 1. The first-order chi connectivity index (χ1) is 10.2. The Kier molecular flexibility index (Phi) is 4.88. The molecule has 21 heavy (non-hydrogen) atoms. The average Bonchev–Trinajstić information content (AvgIpc) is 2.55. The predicted molar refractivity (Wildman–Crippen MR) is 86.2 cm³/mol. The predicted octanol–water partition coefficient (Wildman–Crippen LogP) is 3.48. The van der Waals surface area contributed by atoms with Crippen molar-refractivity contribution in [1.29, 1.82) is 0 Å². The Labute approximate surface area is 129 Å². The maximum absolute atomic E-state index is 13.0. The molecule has 3 rings (SSSR count). The van der Waals surface area contributed by atoms with Crippen LogP contribution in [-0.2, 0) is 4.79 Å². The molecule has 3 aliphatic rings. The van der Waals surface area contributed by atoms with E-state index in [4.69, 9.17) is 0 Å². The third-order valence-corrected chi connectivity index (χ3v) is 6.39. The van der Waals surface area contributed by atoms with Gasteiger partial charge in [0.15, 0.2) is 0 Å². The van der Waals surface area contributed by atoms with Crippen molar-refractivity contribution in [3.05, 3.63) is 0 Å². The zero-order valence-electron chi connectivity index (χ0n) is 13.7. The molecule has 0 bridgehead atoms. The molecule has 0 spiro atoms. The van der Waals surface area contributed by atoms with Gasteiger partial charge in [-0.3, -0.25) is 4.79 Å². The highest BCUT2D eigenvalue weighted by Crippen LogP contribution is 2.37. The number of fused-ring (bicyclic) bond motifs is 1. The van der Waals surface area contributed by atoms with Crippen molar-refractivity contribution in [1.82, 2.24) is 10.2 Å². The van der Waals surface area contributed by atoms with Crippen LogP contribution in [0, 0.1) is 5.92 Å². The number of amides is 1. The summed E-state index contributed by atoms with van der Waals surface area (Å²) >= 11 is 0. The molecule has 2 saturated carbocycles. The van der Waals surface area contributed by atoms with Gasteiger partial charge in [0.1, 0.15) is 0 Å². The van der Waals surface area contributed by atoms with E-state index in [-0.39, 0.29) is 5.54 Å². The first-order valence-corrected chi connectivity index (χ1v) is 9.22. The van der Waals surface area contributed by atoms with Gasteiger partial charge >= 0.3 is 0 Å². The van der Waals surface area contributed by atoms with Crippen molar-refractivity contribution in [2.45, 2.75) is 88.6 Å². The van der Waals surface area contributed by atoms with Crippen molar-refractivity contribution in [2.24, 2.45) is 5.92 Å². The van der Waals surface area contributed by atoms with Crippen molar-refractivity contribution >= 4 is 5.91 Å². The minimum absolute atomic E-state index is 0.0942. The van der Waals surface area contributed by atoms with Crippen molar-refractivity contribution in [3.63, 3.8) is 0 Å². The number of nitrogens with zero attached hydrogens (tertiary/aromatic N) is 1. The fraction of sp³-hybridized carbons (Fsp3) is 0.944. The van der Waals surface area contributed by atoms with Gasteiger partial charge in [-0.05, 0) is 51.5 Å². The number of carbonyl (C=O) groups is 1. The Hall–Kier alpha value is -0.570. The van der Waals surface area contributed by atoms with Crippen LogP contribution in [0.2, 0.25) is 0 Å². The number of likely N-dealkylation sites (tertiary alicyclic amines) is 1. The number of nitrogens with one attached hydrogen (secondary N) is 1. The molecule has 0 aromatic carbocycles. The normalized spacial score (nSPS) is 32.5. The molecule has 3 nitrogen and oxygen atoms in total. The molecule has 1 amide bonds. The number of rotatable bonds is 3. The van der Waals surface area contributed by atoms with Gasteiger partial charge < -0.3 is 10.2 Å². The Morgan fingerprint density at radius 2 is 1.76 bits per heavy atom. The first-order valence-electron chi connectivity index (χ1n) is 9.22. The summed E-state index contributed by atoms with van der Waals surface area (Å²) in [6.45, 7) is 1.01. The van der Waals surface area contributed by atoms with Crippen molar-refractivity contribution < 1.29 is 4.79 Å². The van der Waals surface area contributed by atoms with Crippen LogP contribution >= 0.6 is 0 Å². The highest BCUT2D eigenvalue weighted by Gasteiger charge is 2.39. The van der Waals surface area contributed by atoms with Crippen molar-refractivity contribution in [2.75, 3.05) is 13.6 Å². The van der Waals surface area contributed by atoms with Crippen LogP contribution in [0.25, 0.3) is 0 Å². The second-order valence-electron chi connectivity index (χ2n) is 7.61. The Morgan fingerprint density at radius 1 is 1.05 bits per heavy atom. The molecule has 0 radical (unpaired) electrons. The fourth-order valence-electron chi connectivity index (χ4n) is 5.07. The summed E-state index contributed by atoms with van der Waals surface area (Å²) in [5.41, 5.74) is 0.0942. The quantitative estimate of drug-likeness (QED) is 0.863. The van der Waals surface area contributed by atoms with Gasteiger partial charge in [-0.2, -0.15) is 0 Å². The maximum atomic E-state index is 13.0. The minimum Gasteiger partial charge on any atom is -0.339 e. The third-order valence-electron chi connectivity index (χ3n) is 6.39. The molecule has 1 saturated heterocycles. The lowest BCUT2D eigenvalue weighted by Crippen LogP contribution is -2.54. The van der Waals surface area contributed by atoms with Gasteiger partial charge in [0, 0.05) is 24.5 Å². The van der Waals surface area contributed by atoms with Gasteiger partial charge in [-0.15, -0.1) is 0 Å². The van der Waals surface area contributed by atoms with Gasteiger partial charge in [0.2, 0.25) is 5.91 Å². The first kappa shape index (κ1) is 15.3. The summed E-state index contributed by atoms with van der Waals surface area (Å²) in [6.07, 6.45) is 14.9. The molecule has 1 N–H and O–H groups in total. The van der Waals surface area contributed by atoms with E-state index < -0.39 is 0 Å². The zero-order valence-corrected chi connectivity index (χ0v) is 13.7. The largest absolute Gasteiger partial charge is 0.339 e. The number of carbonyl (C=O) groups excluding carboxylic acids is 1. The van der Waals surface area contributed by atoms with Crippen LogP contribution in [0.15, 0.2) is 0 Å². The monoisotopic (exact) mass is 292 g/mol. The molecule has 0 aromatic rings. The molecule has 0 unspecified atom stereocenters. The van der Waals surface area contributed by atoms with Gasteiger partial charge in [0.05, 0.1) is 0 Å². The fourth-order valence-corrected chi connectivity index (χ4v) is 5.07. The Bertz CT molecular complexity index is 360. The van der Waals surface area contributed by atoms with E-state index in [1.807, 2.05) is 0 Å². The molecule has 120 valence electrons.